The van der Waals surface area contributed by atoms with Gasteiger partial charge in [-0.1, -0.05) is 18.2 Å². The van der Waals surface area contributed by atoms with Crippen molar-refractivity contribution in [1.82, 2.24) is 19.1 Å². The Morgan fingerprint density at radius 2 is 1.80 bits per heavy atom. The fraction of sp³-hybridized carbons (Fsp3) is 0.421. The summed E-state index contributed by atoms with van der Waals surface area (Å²) >= 11 is 0. The molecule has 0 spiro atoms. The molecule has 0 saturated carbocycles. The van der Waals surface area contributed by atoms with E-state index in [1.54, 1.807) is 9.30 Å². The van der Waals surface area contributed by atoms with Crippen molar-refractivity contribution in [2.75, 3.05) is 0 Å². The monoisotopic (exact) mass is 340 g/mol. The van der Waals surface area contributed by atoms with E-state index in [4.69, 9.17) is 0 Å². The minimum absolute atomic E-state index is 0.0510. The fourth-order valence-electron chi connectivity index (χ4n) is 3.48. The third-order valence-corrected chi connectivity index (χ3v) is 4.43. The van der Waals surface area contributed by atoms with E-state index in [9.17, 15) is 9.59 Å². The van der Waals surface area contributed by atoms with Crippen LogP contribution < -0.4 is 5.69 Å². The number of amides is 1. The van der Waals surface area contributed by atoms with E-state index < -0.39 is 0 Å². The predicted molar refractivity (Wildman–Crippen MR) is 98.8 cm³/mol. The smallest absolute Gasteiger partial charge is 0.336 e. The SMILES string of the molecule is Cc1cc2ccccc2n2c(=O)n(CC(=O)N(C(C)C)C(C)C)nc12. The number of hydrogen-bond acceptors (Lipinski definition) is 3. The number of aryl methyl sites for hydroxylation is 1. The molecular weight excluding hydrogens is 316 g/mol. The molecule has 1 aromatic carbocycles. The maximum Gasteiger partial charge on any atom is 0.351 e. The Morgan fingerprint density at radius 3 is 2.44 bits per heavy atom. The van der Waals surface area contributed by atoms with Crippen LogP contribution in [-0.2, 0) is 11.3 Å². The summed E-state index contributed by atoms with van der Waals surface area (Å²) in [7, 11) is 0. The number of pyridine rings is 1. The van der Waals surface area contributed by atoms with Crippen molar-refractivity contribution in [3.05, 3.63) is 46.4 Å². The molecule has 0 fully saturated rings. The quantitative estimate of drug-likeness (QED) is 0.733. The van der Waals surface area contributed by atoms with Crippen LogP contribution in [0, 0.1) is 6.92 Å². The van der Waals surface area contributed by atoms with Gasteiger partial charge in [-0.25, -0.2) is 13.9 Å². The molecule has 0 aliphatic carbocycles. The molecule has 2 aromatic heterocycles. The van der Waals surface area contributed by atoms with Gasteiger partial charge in [0.25, 0.3) is 0 Å². The van der Waals surface area contributed by atoms with Crippen molar-refractivity contribution >= 4 is 22.5 Å². The van der Waals surface area contributed by atoms with Crippen LogP contribution in [0.2, 0.25) is 0 Å². The highest BCUT2D eigenvalue weighted by Gasteiger charge is 2.22. The minimum Gasteiger partial charge on any atom is -0.336 e. The van der Waals surface area contributed by atoms with Crippen molar-refractivity contribution in [1.29, 1.82) is 0 Å². The zero-order valence-corrected chi connectivity index (χ0v) is 15.4. The van der Waals surface area contributed by atoms with Crippen molar-refractivity contribution in [2.24, 2.45) is 0 Å². The molecule has 0 aliphatic rings. The third-order valence-electron chi connectivity index (χ3n) is 4.43. The number of para-hydroxylation sites is 1. The van der Waals surface area contributed by atoms with Gasteiger partial charge in [-0.2, -0.15) is 0 Å². The standard InChI is InChI=1S/C19H24N4O2/c1-12(2)22(13(3)4)17(24)11-21-19(25)23-16-9-7-6-8-15(16)10-14(5)18(23)20-21/h6-10,12-13H,11H2,1-5H3. The second-order valence-corrected chi connectivity index (χ2v) is 6.97. The van der Waals surface area contributed by atoms with E-state index in [1.807, 2.05) is 65.0 Å². The summed E-state index contributed by atoms with van der Waals surface area (Å²) in [5.74, 6) is -0.0996. The van der Waals surface area contributed by atoms with Crippen molar-refractivity contribution in [3.63, 3.8) is 0 Å². The molecule has 0 radical (unpaired) electrons. The van der Waals surface area contributed by atoms with E-state index in [0.717, 1.165) is 16.5 Å². The number of aromatic nitrogens is 3. The first-order valence-corrected chi connectivity index (χ1v) is 8.60. The Labute approximate surface area is 146 Å². The molecule has 0 bridgehead atoms. The van der Waals surface area contributed by atoms with Crippen LogP contribution in [-0.4, -0.2) is 37.1 Å². The number of carbonyl (C=O) groups excluding carboxylic acids is 1. The second kappa shape index (κ2) is 6.35. The summed E-state index contributed by atoms with van der Waals surface area (Å²) in [6.45, 7) is 9.77. The minimum atomic E-state index is -0.282. The highest BCUT2D eigenvalue weighted by molar-refractivity contribution is 5.83. The summed E-state index contributed by atoms with van der Waals surface area (Å²) in [5.41, 5.74) is 2.02. The van der Waals surface area contributed by atoms with Gasteiger partial charge in [0, 0.05) is 12.1 Å². The molecule has 0 atom stereocenters. The number of carbonyl (C=O) groups is 1. The third kappa shape index (κ3) is 2.92. The highest BCUT2D eigenvalue weighted by Crippen LogP contribution is 2.18. The molecule has 0 saturated heterocycles. The Hall–Kier alpha value is -2.63. The summed E-state index contributed by atoms with van der Waals surface area (Å²) in [6, 6.07) is 9.85. The zero-order chi connectivity index (χ0) is 18.3. The van der Waals surface area contributed by atoms with Crippen LogP contribution >= 0.6 is 0 Å². The molecule has 1 amide bonds. The predicted octanol–water partition coefficient (Wildman–Crippen LogP) is 2.60. The normalized spacial score (nSPS) is 11.8. The van der Waals surface area contributed by atoms with E-state index in [2.05, 4.69) is 5.10 Å². The summed E-state index contributed by atoms with van der Waals surface area (Å²) in [6.07, 6.45) is 0. The van der Waals surface area contributed by atoms with Crippen LogP contribution in [0.5, 0.6) is 0 Å². The Kier molecular flexibility index (Phi) is 4.37. The summed E-state index contributed by atoms with van der Waals surface area (Å²) in [5, 5.41) is 5.40. The van der Waals surface area contributed by atoms with E-state index >= 15 is 0 Å². The van der Waals surface area contributed by atoms with E-state index in [1.165, 1.54) is 4.68 Å². The lowest BCUT2D eigenvalue weighted by molar-refractivity contribution is -0.135. The first kappa shape index (κ1) is 17.2. The number of benzene rings is 1. The second-order valence-electron chi connectivity index (χ2n) is 6.97. The van der Waals surface area contributed by atoms with Crippen LogP contribution in [0.1, 0.15) is 33.3 Å². The van der Waals surface area contributed by atoms with Gasteiger partial charge < -0.3 is 4.90 Å². The fourth-order valence-corrected chi connectivity index (χ4v) is 3.48. The lowest BCUT2D eigenvalue weighted by Crippen LogP contribution is -2.44. The molecule has 2 heterocycles. The first-order valence-electron chi connectivity index (χ1n) is 8.60. The Balaban J connectivity index is 2.11. The summed E-state index contributed by atoms with van der Waals surface area (Å²) < 4.78 is 2.86. The number of hydrogen-bond donors (Lipinski definition) is 0. The van der Waals surface area contributed by atoms with Gasteiger partial charge in [-0.05, 0) is 57.7 Å². The van der Waals surface area contributed by atoms with Crippen LogP contribution in [0.25, 0.3) is 16.6 Å². The molecule has 132 valence electrons. The van der Waals surface area contributed by atoms with Crippen molar-refractivity contribution in [2.45, 2.75) is 53.2 Å². The van der Waals surface area contributed by atoms with E-state index in [0.29, 0.717) is 5.65 Å². The lowest BCUT2D eigenvalue weighted by atomic mass is 10.1. The van der Waals surface area contributed by atoms with Crippen molar-refractivity contribution < 1.29 is 4.79 Å². The highest BCUT2D eigenvalue weighted by atomic mass is 16.2. The number of fused-ring (bicyclic) bond motifs is 3. The topological polar surface area (TPSA) is 59.6 Å². The first-order chi connectivity index (χ1) is 11.8. The maximum atomic E-state index is 12.9. The maximum absolute atomic E-state index is 12.9. The van der Waals surface area contributed by atoms with Gasteiger partial charge in [0.1, 0.15) is 6.54 Å². The van der Waals surface area contributed by atoms with Gasteiger partial charge in [0.2, 0.25) is 5.91 Å². The molecule has 0 unspecified atom stereocenters. The molecule has 0 aliphatic heterocycles. The molecule has 3 aromatic rings. The molecule has 6 nitrogen and oxygen atoms in total. The van der Waals surface area contributed by atoms with E-state index in [-0.39, 0.29) is 30.2 Å². The number of nitrogens with zero attached hydrogens (tertiary/aromatic N) is 4. The average Bonchev–Trinajstić information content (AvgIpc) is 2.84. The molecular formula is C19H24N4O2. The van der Waals surface area contributed by atoms with Gasteiger partial charge in [0.15, 0.2) is 5.65 Å². The molecule has 0 N–H and O–H groups in total. The lowest BCUT2D eigenvalue weighted by Gasteiger charge is -2.30. The van der Waals surface area contributed by atoms with Gasteiger partial charge in [0.05, 0.1) is 5.52 Å². The molecule has 6 heteroatoms. The zero-order valence-electron chi connectivity index (χ0n) is 15.4. The van der Waals surface area contributed by atoms with Crippen molar-refractivity contribution in [3.8, 4) is 0 Å². The molecule has 25 heavy (non-hydrogen) atoms. The number of rotatable bonds is 4. The van der Waals surface area contributed by atoms with Gasteiger partial charge >= 0.3 is 5.69 Å². The summed E-state index contributed by atoms with van der Waals surface area (Å²) in [4.78, 5) is 27.4. The molecule has 3 rings (SSSR count). The Morgan fingerprint density at radius 1 is 1.16 bits per heavy atom. The van der Waals surface area contributed by atoms with Gasteiger partial charge in [-0.15, -0.1) is 5.10 Å². The van der Waals surface area contributed by atoms with Gasteiger partial charge in [-0.3, -0.25) is 4.79 Å². The van der Waals surface area contributed by atoms with Crippen LogP contribution in [0.15, 0.2) is 35.1 Å². The van der Waals surface area contributed by atoms with Crippen LogP contribution in [0.4, 0.5) is 0 Å². The average molecular weight is 340 g/mol. The Bertz CT molecular complexity index is 990. The van der Waals surface area contributed by atoms with Crippen LogP contribution in [0.3, 0.4) is 0 Å². The largest absolute Gasteiger partial charge is 0.351 e.